The first-order valence-corrected chi connectivity index (χ1v) is 5.87. The zero-order valence-electron chi connectivity index (χ0n) is 10.6. The van der Waals surface area contributed by atoms with E-state index in [0.717, 1.165) is 11.3 Å². The van der Waals surface area contributed by atoms with Crippen molar-refractivity contribution in [1.82, 2.24) is 9.78 Å². The molecule has 0 bridgehead atoms. The van der Waals surface area contributed by atoms with Crippen LogP contribution in [0.5, 0.6) is 0 Å². The van der Waals surface area contributed by atoms with Gasteiger partial charge in [-0.1, -0.05) is 30.3 Å². The molecule has 0 aliphatic rings. The molecule has 2 N–H and O–H groups in total. The van der Waals surface area contributed by atoms with Crippen molar-refractivity contribution >= 4 is 0 Å². The van der Waals surface area contributed by atoms with Gasteiger partial charge in [-0.05, 0) is 20.8 Å². The van der Waals surface area contributed by atoms with Crippen LogP contribution in [0.2, 0.25) is 0 Å². The van der Waals surface area contributed by atoms with Gasteiger partial charge in [-0.3, -0.25) is 4.68 Å². The van der Waals surface area contributed by atoms with E-state index in [1.165, 1.54) is 5.56 Å². The molecule has 0 radical (unpaired) electrons. The Kier molecular flexibility index (Phi) is 3.03. The van der Waals surface area contributed by atoms with Crippen molar-refractivity contribution in [2.24, 2.45) is 5.73 Å². The highest BCUT2D eigenvalue weighted by molar-refractivity contribution is 5.63. The Hall–Kier alpha value is -1.61. The molecule has 17 heavy (non-hydrogen) atoms. The SMILES string of the molecule is CC(C)(C)n1ncc(CN)c1-c1ccccc1. The number of hydrogen-bond acceptors (Lipinski definition) is 2. The lowest BCUT2D eigenvalue weighted by atomic mass is 10.0. The van der Waals surface area contributed by atoms with E-state index in [1.54, 1.807) is 0 Å². The molecule has 0 aliphatic heterocycles. The molecule has 0 fully saturated rings. The number of hydrogen-bond donors (Lipinski definition) is 1. The standard InChI is InChI=1S/C14H19N3/c1-14(2,3)17-13(12(9-15)10-16-17)11-7-5-4-6-8-11/h4-8,10H,9,15H2,1-3H3. The number of aromatic nitrogens is 2. The Labute approximate surface area is 102 Å². The maximum absolute atomic E-state index is 5.79. The van der Waals surface area contributed by atoms with E-state index in [-0.39, 0.29) is 5.54 Å². The summed E-state index contributed by atoms with van der Waals surface area (Å²) in [5.74, 6) is 0. The summed E-state index contributed by atoms with van der Waals surface area (Å²) in [5, 5.41) is 4.47. The van der Waals surface area contributed by atoms with Gasteiger partial charge in [-0.15, -0.1) is 0 Å². The minimum Gasteiger partial charge on any atom is -0.326 e. The lowest BCUT2D eigenvalue weighted by Gasteiger charge is -2.23. The highest BCUT2D eigenvalue weighted by atomic mass is 15.3. The van der Waals surface area contributed by atoms with E-state index in [0.29, 0.717) is 6.54 Å². The Morgan fingerprint density at radius 3 is 2.35 bits per heavy atom. The second kappa shape index (κ2) is 4.34. The van der Waals surface area contributed by atoms with Crippen LogP contribution in [-0.2, 0) is 12.1 Å². The molecule has 0 aliphatic carbocycles. The van der Waals surface area contributed by atoms with E-state index in [1.807, 2.05) is 29.1 Å². The number of benzene rings is 1. The smallest absolute Gasteiger partial charge is 0.0733 e. The van der Waals surface area contributed by atoms with Crippen molar-refractivity contribution in [1.29, 1.82) is 0 Å². The monoisotopic (exact) mass is 229 g/mol. The average molecular weight is 229 g/mol. The summed E-state index contributed by atoms with van der Waals surface area (Å²) < 4.78 is 2.05. The van der Waals surface area contributed by atoms with Gasteiger partial charge in [0.05, 0.1) is 17.4 Å². The van der Waals surface area contributed by atoms with Crippen LogP contribution in [0.4, 0.5) is 0 Å². The average Bonchev–Trinajstić information content (AvgIpc) is 2.73. The second-order valence-electron chi connectivity index (χ2n) is 5.17. The Morgan fingerprint density at radius 1 is 1.18 bits per heavy atom. The predicted molar refractivity (Wildman–Crippen MR) is 70.6 cm³/mol. The molecule has 3 nitrogen and oxygen atoms in total. The van der Waals surface area contributed by atoms with Gasteiger partial charge in [0.15, 0.2) is 0 Å². The molecule has 0 atom stereocenters. The number of nitrogens with two attached hydrogens (primary N) is 1. The van der Waals surface area contributed by atoms with Crippen LogP contribution in [-0.4, -0.2) is 9.78 Å². The van der Waals surface area contributed by atoms with Gasteiger partial charge in [0.1, 0.15) is 0 Å². The minimum atomic E-state index is -0.0431. The predicted octanol–water partition coefficient (Wildman–Crippen LogP) is 2.76. The fourth-order valence-electron chi connectivity index (χ4n) is 1.94. The molecule has 2 aromatic rings. The maximum Gasteiger partial charge on any atom is 0.0733 e. The molecular formula is C14H19N3. The van der Waals surface area contributed by atoms with E-state index >= 15 is 0 Å². The third-order valence-electron chi connectivity index (χ3n) is 2.75. The molecule has 2 rings (SSSR count). The first-order valence-electron chi connectivity index (χ1n) is 5.87. The van der Waals surface area contributed by atoms with Crippen molar-refractivity contribution in [2.45, 2.75) is 32.9 Å². The summed E-state index contributed by atoms with van der Waals surface area (Å²) in [5.41, 5.74) is 9.13. The highest BCUT2D eigenvalue weighted by Crippen LogP contribution is 2.28. The van der Waals surface area contributed by atoms with E-state index in [9.17, 15) is 0 Å². The van der Waals surface area contributed by atoms with Crippen LogP contribution < -0.4 is 5.73 Å². The Balaban J connectivity index is 2.62. The molecule has 1 aromatic heterocycles. The van der Waals surface area contributed by atoms with Crippen LogP contribution >= 0.6 is 0 Å². The van der Waals surface area contributed by atoms with Crippen LogP contribution in [0, 0.1) is 0 Å². The summed E-state index contributed by atoms with van der Waals surface area (Å²) >= 11 is 0. The van der Waals surface area contributed by atoms with Gasteiger partial charge in [-0.2, -0.15) is 5.10 Å². The zero-order valence-corrected chi connectivity index (χ0v) is 10.6. The summed E-state index contributed by atoms with van der Waals surface area (Å²) in [6.07, 6.45) is 1.87. The third kappa shape index (κ3) is 2.24. The normalized spacial score (nSPS) is 11.8. The minimum absolute atomic E-state index is 0.0431. The topological polar surface area (TPSA) is 43.8 Å². The first-order chi connectivity index (χ1) is 8.04. The Bertz CT molecular complexity index is 492. The number of rotatable bonds is 2. The molecule has 0 amide bonds. The highest BCUT2D eigenvalue weighted by Gasteiger charge is 2.21. The van der Waals surface area contributed by atoms with Crippen molar-refractivity contribution in [3.05, 3.63) is 42.1 Å². The molecule has 0 unspecified atom stereocenters. The lowest BCUT2D eigenvalue weighted by Crippen LogP contribution is -2.24. The molecule has 1 aromatic carbocycles. The van der Waals surface area contributed by atoms with Crippen LogP contribution in [0.1, 0.15) is 26.3 Å². The second-order valence-corrected chi connectivity index (χ2v) is 5.17. The van der Waals surface area contributed by atoms with E-state index in [2.05, 4.69) is 38.0 Å². The molecule has 0 spiro atoms. The van der Waals surface area contributed by atoms with Gasteiger partial charge in [0.25, 0.3) is 0 Å². The van der Waals surface area contributed by atoms with Gasteiger partial charge < -0.3 is 5.73 Å². The van der Waals surface area contributed by atoms with E-state index in [4.69, 9.17) is 5.73 Å². The summed E-state index contributed by atoms with van der Waals surface area (Å²) in [6.45, 7) is 6.95. The largest absolute Gasteiger partial charge is 0.326 e. The fraction of sp³-hybridized carbons (Fsp3) is 0.357. The quantitative estimate of drug-likeness (QED) is 0.860. The molecule has 0 saturated carbocycles. The zero-order chi connectivity index (χ0) is 12.5. The first kappa shape index (κ1) is 11.9. The van der Waals surface area contributed by atoms with Crippen LogP contribution in [0.3, 0.4) is 0 Å². The van der Waals surface area contributed by atoms with E-state index < -0.39 is 0 Å². The lowest BCUT2D eigenvalue weighted by molar-refractivity contribution is 0.360. The third-order valence-corrected chi connectivity index (χ3v) is 2.75. The molecule has 0 saturated heterocycles. The molecule has 3 heteroatoms. The summed E-state index contributed by atoms with van der Waals surface area (Å²) in [7, 11) is 0. The van der Waals surface area contributed by atoms with Gasteiger partial charge in [0, 0.05) is 17.7 Å². The molecule has 1 heterocycles. The Morgan fingerprint density at radius 2 is 1.82 bits per heavy atom. The number of nitrogens with zero attached hydrogens (tertiary/aromatic N) is 2. The van der Waals surface area contributed by atoms with Crippen molar-refractivity contribution in [2.75, 3.05) is 0 Å². The van der Waals surface area contributed by atoms with Crippen LogP contribution in [0.25, 0.3) is 11.3 Å². The maximum atomic E-state index is 5.79. The summed E-state index contributed by atoms with van der Waals surface area (Å²) in [4.78, 5) is 0. The molecule has 90 valence electrons. The van der Waals surface area contributed by atoms with Gasteiger partial charge >= 0.3 is 0 Å². The van der Waals surface area contributed by atoms with Gasteiger partial charge in [0.2, 0.25) is 0 Å². The summed E-state index contributed by atoms with van der Waals surface area (Å²) in [6, 6.07) is 10.3. The fourth-order valence-corrected chi connectivity index (χ4v) is 1.94. The van der Waals surface area contributed by atoms with Crippen LogP contribution in [0.15, 0.2) is 36.5 Å². The van der Waals surface area contributed by atoms with Crippen molar-refractivity contribution in [3.63, 3.8) is 0 Å². The van der Waals surface area contributed by atoms with Crippen molar-refractivity contribution < 1.29 is 0 Å². The molecular weight excluding hydrogens is 210 g/mol. The van der Waals surface area contributed by atoms with Crippen molar-refractivity contribution in [3.8, 4) is 11.3 Å². The van der Waals surface area contributed by atoms with Gasteiger partial charge in [-0.25, -0.2) is 0 Å².